The van der Waals surface area contributed by atoms with Gasteiger partial charge in [0.25, 0.3) is 0 Å². The van der Waals surface area contributed by atoms with E-state index in [0.29, 0.717) is 13.0 Å². The van der Waals surface area contributed by atoms with Crippen molar-refractivity contribution in [2.45, 2.75) is 32.0 Å². The van der Waals surface area contributed by atoms with Crippen LogP contribution in [0.15, 0.2) is 30.3 Å². The van der Waals surface area contributed by atoms with E-state index in [-0.39, 0.29) is 11.3 Å². The van der Waals surface area contributed by atoms with Gasteiger partial charge in [0.1, 0.15) is 0 Å². The van der Waals surface area contributed by atoms with Crippen LogP contribution >= 0.6 is 12.2 Å². The summed E-state index contributed by atoms with van der Waals surface area (Å²) in [6.45, 7) is 2.07. The second-order valence-corrected chi connectivity index (χ2v) is 4.55. The number of rotatable bonds is 5. The van der Waals surface area contributed by atoms with Gasteiger partial charge in [-0.3, -0.25) is 0 Å². The number of hydrogen-bond acceptors (Lipinski definition) is 5. The predicted octanol–water partition coefficient (Wildman–Crippen LogP) is 2.25. The second kappa shape index (κ2) is 6.52. The van der Waals surface area contributed by atoms with E-state index in [0.717, 1.165) is 6.42 Å². The zero-order valence-electron chi connectivity index (χ0n) is 10.7. The molecule has 0 amide bonds. The fourth-order valence-electron chi connectivity index (χ4n) is 1.98. The lowest BCUT2D eigenvalue weighted by atomic mass is 10.0. The fraction of sp³-hybridized carbons (Fsp3) is 0.429. The van der Waals surface area contributed by atoms with Gasteiger partial charge in [-0.25, -0.2) is 4.79 Å². The third-order valence-electron chi connectivity index (χ3n) is 2.89. The molecule has 1 saturated heterocycles. The summed E-state index contributed by atoms with van der Waals surface area (Å²) in [7, 11) is 0. The quantitative estimate of drug-likeness (QED) is 0.611. The van der Waals surface area contributed by atoms with Crippen LogP contribution in [0.5, 0.6) is 0 Å². The Morgan fingerprint density at radius 3 is 2.74 bits per heavy atom. The summed E-state index contributed by atoms with van der Waals surface area (Å²) in [5.74, 6) is -0.416. The summed E-state index contributed by atoms with van der Waals surface area (Å²) in [5, 5.41) is 0.0242. The molecule has 0 bridgehead atoms. The third-order valence-corrected chi connectivity index (χ3v) is 3.08. The van der Waals surface area contributed by atoms with Crippen molar-refractivity contribution in [1.82, 2.24) is 0 Å². The van der Waals surface area contributed by atoms with Crippen LogP contribution in [0.3, 0.4) is 0 Å². The maximum absolute atomic E-state index is 11.7. The molecule has 0 aromatic heterocycles. The van der Waals surface area contributed by atoms with E-state index in [4.69, 9.17) is 26.4 Å². The third kappa shape index (κ3) is 3.67. The first-order valence-electron chi connectivity index (χ1n) is 6.28. The summed E-state index contributed by atoms with van der Waals surface area (Å²) >= 11 is 4.86. The maximum atomic E-state index is 11.7. The van der Waals surface area contributed by atoms with E-state index in [9.17, 15) is 4.79 Å². The first-order valence-corrected chi connectivity index (χ1v) is 6.69. The van der Waals surface area contributed by atoms with Crippen molar-refractivity contribution < 1.29 is 19.0 Å². The molecule has 1 aromatic carbocycles. The molecule has 0 aliphatic carbocycles. The Kier molecular flexibility index (Phi) is 4.74. The first kappa shape index (κ1) is 13.8. The predicted molar refractivity (Wildman–Crippen MR) is 73.7 cm³/mol. The molecule has 19 heavy (non-hydrogen) atoms. The Morgan fingerprint density at radius 2 is 2.05 bits per heavy atom. The van der Waals surface area contributed by atoms with E-state index in [2.05, 4.69) is 0 Å². The Labute approximate surface area is 117 Å². The molecule has 1 aliphatic rings. The monoisotopic (exact) mass is 280 g/mol. The summed E-state index contributed by atoms with van der Waals surface area (Å²) in [6.07, 6.45) is 0.351. The molecular formula is C14H16O4S. The van der Waals surface area contributed by atoms with Gasteiger partial charge < -0.3 is 14.2 Å². The first-order chi connectivity index (χ1) is 9.20. The molecule has 1 fully saturated rings. The molecule has 0 saturated carbocycles. The van der Waals surface area contributed by atoms with Gasteiger partial charge in [-0.1, -0.05) is 30.3 Å². The Morgan fingerprint density at radius 1 is 1.32 bits per heavy atom. The minimum atomic E-state index is -0.740. The minimum absolute atomic E-state index is 0.0242. The smallest absolute Gasteiger partial charge is 0.353 e. The Balaban J connectivity index is 1.94. The van der Waals surface area contributed by atoms with Gasteiger partial charge in [-0.15, -0.1) is 0 Å². The largest absolute Gasteiger partial charge is 0.463 e. The number of aryl methyl sites for hydroxylation is 1. The lowest BCUT2D eigenvalue weighted by Crippen LogP contribution is -2.33. The molecule has 0 spiro atoms. The maximum Gasteiger partial charge on any atom is 0.353 e. The standard InChI is InChI=1S/C14H16O4S/c1-2-16-13(15)12-11(17-14(19)18-12)9-8-10-6-4-3-5-7-10/h3-7,11-12H,2,8-9H2,1H3. The molecular weight excluding hydrogens is 264 g/mol. The van der Waals surface area contributed by atoms with E-state index < -0.39 is 12.1 Å². The zero-order valence-corrected chi connectivity index (χ0v) is 11.5. The average molecular weight is 280 g/mol. The zero-order chi connectivity index (χ0) is 13.7. The van der Waals surface area contributed by atoms with Crippen LogP contribution in [0, 0.1) is 0 Å². The van der Waals surface area contributed by atoms with Crippen LogP contribution in [0.25, 0.3) is 0 Å². The minimum Gasteiger partial charge on any atom is -0.463 e. The van der Waals surface area contributed by atoms with Crippen molar-refractivity contribution in [2.24, 2.45) is 0 Å². The number of carbonyl (C=O) groups is 1. The molecule has 1 aliphatic heterocycles. The lowest BCUT2D eigenvalue weighted by Gasteiger charge is -2.14. The number of ether oxygens (including phenoxy) is 3. The van der Waals surface area contributed by atoms with Gasteiger partial charge in [0, 0.05) is 12.2 Å². The highest BCUT2D eigenvalue weighted by Crippen LogP contribution is 2.21. The highest BCUT2D eigenvalue weighted by Gasteiger charge is 2.40. The van der Waals surface area contributed by atoms with E-state index in [1.54, 1.807) is 6.92 Å². The SMILES string of the molecule is CCOC(=O)C1OC(=S)OC1CCc1ccccc1. The molecule has 2 rings (SSSR count). The van der Waals surface area contributed by atoms with Gasteiger partial charge >= 0.3 is 11.2 Å². The van der Waals surface area contributed by atoms with Crippen molar-refractivity contribution in [3.05, 3.63) is 35.9 Å². The summed E-state index contributed by atoms with van der Waals surface area (Å²) in [4.78, 5) is 11.7. The molecule has 1 aromatic rings. The van der Waals surface area contributed by atoms with Crippen LogP contribution in [-0.4, -0.2) is 30.0 Å². The van der Waals surface area contributed by atoms with E-state index in [1.807, 2.05) is 30.3 Å². The molecule has 0 radical (unpaired) electrons. The molecule has 0 N–H and O–H groups in total. The molecule has 4 nitrogen and oxygen atoms in total. The number of carbonyl (C=O) groups excluding carboxylic acids is 1. The number of hydrogen-bond donors (Lipinski definition) is 0. The second-order valence-electron chi connectivity index (χ2n) is 4.22. The van der Waals surface area contributed by atoms with E-state index in [1.165, 1.54) is 5.56 Å². The number of benzene rings is 1. The summed E-state index contributed by atoms with van der Waals surface area (Å²) < 4.78 is 15.5. The highest BCUT2D eigenvalue weighted by atomic mass is 32.1. The molecule has 1 heterocycles. The summed E-state index contributed by atoms with van der Waals surface area (Å²) in [5.41, 5.74) is 1.19. The topological polar surface area (TPSA) is 44.8 Å². The fourth-order valence-corrected chi connectivity index (χ4v) is 2.21. The number of thiocarbonyl (C=S) groups is 1. The van der Waals surface area contributed by atoms with Crippen LogP contribution in [0.1, 0.15) is 18.9 Å². The average Bonchev–Trinajstić information content (AvgIpc) is 2.79. The Bertz CT molecular complexity index is 446. The van der Waals surface area contributed by atoms with Crippen molar-refractivity contribution in [2.75, 3.05) is 6.61 Å². The van der Waals surface area contributed by atoms with Gasteiger partial charge in [-0.05, 0) is 25.3 Å². The van der Waals surface area contributed by atoms with Crippen LogP contribution in [-0.2, 0) is 25.4 Å². The van der Waals surface area contributed by atoms with Crippen molar-refractivity contribution in [1.29, 1.82) is 0 Å². The van der Waals surface area contributed by atoms with E-state index >= 15 is 0 Å². The highest BCUT2D eigenvalue weighted by molar-refractivity contribution is 7.79. The van der Waals surface area contributed by atoms with Gasteiger partial charge in [0.05, 0.1) is 6.61 Å². The van der Waals surface area contributed by atoms with Crippen LogP contribution in [0.4, 0.5) is 0 Å². The van der Waals surface area contributed by atoms with Crippen LogP contribution < -0.4 is 0 Å². The molecule has 102 valence electrons. The van der Waals surface area contributed by atoms with Gasteiger partial charge in [0.2, 0.25) is 6.10 Å². The summed E-state index contributed by atoms with van der Waals surface area (Å²) in [6, 6.07) is 10.00. The Hall–Kier alpha value is -1.62. The van der Waals surface area contributed by atoms with Crippen molar-refractivity contribution in [3.63, 3.8) is 0 Å². The molecule has 2 unspecified atom stereocenters. The normalized spacial score (nSPS) is 21.6. The van der Waals surface area contributed by atoms with Crippen LogP contribution in [0.2, 0.25) is 0 Å². The van der Waals surface area contributed by atoms with Crippen molar-refractivity contribution in [3.8, 4) is 0 Å². The lowest BCUT2D eigenvalue weighted by molar-refractivity contribution is -0.152. The molecule has 2 atom stereocenters. The van der Waals surface area contributed by atoms with Gasteiger partial charge in [0.15, 0.2) is 6.10 Å². The van der Waals surface area contributed by atoms with Crippen molar-refractivity contribution >= 4 is 23.4 Å². The number of esters is 1. The van der Waals surface area contributed by atoms with Gasteiger partial charge in [-0.2, -0.15) is 0 Å². The molecule has 5 heteroatoms.